The predicted molar refractivity (Wildman–Crippen MR) is 156 cm³/mol. The zero-order valence-electron chi connectivity index (χ0n) is 23.9. The molecule has 2 saturated heterocycles. The number of amidine groups is 1. The van der Waals surface area contributed by atoms with E-state index in [4.69, 9.17) is 20.6 Å². The third kappa shape index (κ3) is 7.98. The lowest BCUT2D eigenvalue weighted by molar-refractivity contribution is -0.277. The number of nitrogens with zero attached hydrogens (tertiary/aromatic N) is 2. The third-order valence-electron chi connectivity index (χ3n) is 7.55. The first-order valence-electron chi connectivity index (χ1n) is 14.1. The van der Waals surface area contributed by atoms with Gasteiger partial charge in [0.05, 0.1) is 13.2 Å². The van der Waals surface area contributed by atoms with Gasteiger partial charge in [-0.1, -0.05) is 30.3 Å². The molecule has 0 saturated carbocycles. The second-order valence-electron chi connectivity index (χ2n) is 10.7. The van der Waals surface area contributed by atoms with Gasteiger partial charge in [0.25, 0.3) is 0 Å². The van der Waals surface area contributed by atoms with Crippen molar-refractivity contribution < 1.29 is 39.5 Å². The van der Waals surface area contributed by atoms with Crippen molar-refractivity contribution in [3.8, 4) is 5.75 Å². The van der Waals surface area contributed by atoms with Gasteiger partial charge in [0.15, 0.2) is 0 Å². The van der Waals surface area contributed by atoms with Gasteiger partial charge in [0, 0.05) is 36.4 Å². The van der Waals surface area contributed by atoms with Gasteiger partial charge in [-0.15, -0.1) is 0 Å². The molecule has 2 amide bonds. The van der Waals surface area contributed by atoms with Crippen molar-refractivity contribution >= 4 is 23.3 Å². The molecule has 0 bridgehead atoms. The molecule has 14 heteroatoms. The van der Waals surface area contributed by atoms with Gasteiger partial charge in [-0.3, -0.25) is 15.0 Å². The quantitative estimate of drug-likeness (QED) is 0.117. The number of ether oxygens (including phenoxy) is 2. The van der Waals surface area contributed by atoms with Crippen LogP contribution >= 0.6 is 0 Å². The van der Waals surface area contributed by atoms with Crippen LogP contribution in [-0.2, 0) is 14.3 Å². The number of amides is 2. The largest absolute Gasteiger partial charge is 0.462 e. The minimum absolute atomic E-state index is 0.101. The predicted octanol–water partition coefficient (Wildman–Crippen LogP) is -1.42. The zero-order chi connectivity index (χ0) is 31.1. The van der Waals surface area contributed by atoms with Crippen molar-refractivity contribution in [2.75, 3.05) is 51.7 Å². The number of anilines is 1. The van der Waals surface area contributed by atoms with Crippen LogP contribution in [0.1, 0.15) is 23.6 Å². The van der Waals surface area contributed by atoms with Gasteiger partial charge >= 0.3 is 0 Å². The summed E-state index contributed by atoms with van der Waals surface area (Å²) >= 11 is 0. The number of hydrogen-bond acceptors (Lipinski definition) is 11. The number of carbonyl (C=O) groups excluding carboxylic acids is 2. The van der Waals surface area contributed by atoms with Gasteiger partial charge < -0.3 is 56.1 Å². The normalized spacial score (nSPS) is 25.3. The van der Waals surface area contributed by atoms with E-state index >= 15 is 0 Å². The molecule has 2 aromatic carbocycles. The SMILES string of the molecule is CN1CCCN(C(=O)CNC(=O)C(Nc2cccc(C(=N)N)c2)c2ccccc2OC2OC(CO)C(O)C(O)C2O)CC1. The number of nitrogens with two attached hydrogens (primary N) is 1. The summed E-state index contributed by atoms with van der Waals surface area (Å²) in [4.78, 5) is 30.6. The number of aliphatic hydroxyl groups excluding tert-OH is 4. The number of likely N-dealkylation sites (N-methyl/N-ethyl adjacent to an activating group) is 1. The van der Waals surface area contributed by atoms with Gasteiger partial charge in [0.1, 0.15) is 42.0 Å². The Labute approximate surface area is 249 Å². The Bertz CT molecular complexity index is 1280. The van der Waals surface area contributed by atoms with Crippen LogP contribution in [0, 0.1) is 5.41 Å². The fraction of sp³-hybridized carbons (Fsp3) is 0.483. The zero-order valence-corrected chi connectivity index (χ0v) is 23.9. The molecule has 0 aromatic heterocycles. The van der Waals surface area contributed by atoms with Crippen LogP contribution in [-0.4, -0.2) is 125 Å². The van der Waals surface area contributed by atoms with Gasteiger partial charge in [-0.2, -0.15) is 0 Å². The molecule has 2 fully saturated rings. The summed E-state index contributed by atoms with van der Waals surface area (Å²) in [5.74, 6) is -0.834. The molecule has 0 spiro atoms. The highest BCUT2D eigenvalue weighted by Gasteiger charge is 2.45. The molecule has 2 aliphatic rings. The molecule has 2 aliphatic heterocycles. The van der Waals surface area contributed by atoms with E-state index in [9.17, 15) is 30.0 Å². The van der Waals surface area contributed by atoms with Crippen molar-refractivity contribution in [3.05, 3.63) is 59.7 Å². The standard InChI is InChI=1S/C29H40N6O8/c1-34-10-5-11-35(13-12-34)22(37)15-32-28(41)23(33-18-7-4-6-17(14-18)27(30)31)19-8-2-3-9-20(19)42-29-26(40)25(39)24(38)21(16-36)43-29/h2-4,6-9,14,21,23-26,29,33,36,38-40H,5,10-13,15-16H2,1H3,(H3,30,31)(H,32,41). The molecule has 234 valence electrons. The molecule has 14 nitrogen and oxygen atoms in total. The summed E-state index contributed by atoms with van der Waals surface area (Å²) < 4.78 is 11.4. The first-order chi connectivity index (χ1) is 20.6. The molecule has 9 N–H and O–H groups in total. The first kappa shape index (κ1) is 32.1. The lowest BCUT2D eigenvalue weighted by atomic mass is 9.99. The summed E-state index contributed by atoms with van der Waals surface area (Å²) in [7, 11) is 2.00. The molecule has 2 aromatic rings. The molecule has 6 unspecified atom stereocenters. The van der Waals surface area contributed by atoms with Gasteiger partial charge in [0.2, 0.25) is 18.1 Å². The number of para-hydroxylation sites is 1. The number of benzene rings is 2. The second kappa shape index (κ2) is 14.6. The van der Waals surface area contributed by atoms with E-state index in [0.717, 1.165) is 19.5 Å². The van der Waals surface area contributed by atoms with Crippen molar-refractivity contribution in [3.63, 3.8) is 0 Å². The summed E-state index contributed by atoms with van der Waals surface area (Å²) in [6, 6.07) is 11.9. The molecule has 43 heavy (non-hydrogen) atoms. The Kier molecular flexibility index (Phi) is 10.9. The van der Waals surface area contributed by atoms with E-state index in [0.29, 0.717) is 29.9 Å². The lowest BCUT2D eigenvalue weighted by Crippen LogP contribution is -2.60. The molecular weight excluding hydrogens is 560 g/mol. The second-order valence-corrected chi connectivity index (χ2v) is 10.7. The number of nitrogen functional groups attached to an aromatic ring is 1. The Morgan fingerprint density at radius 2 is 1.84 bits per heavy atom. The third-order valence-corrected chi connectivity index (χ3v) is 7.55. The number of aliphatic hydroxyl groups is 4. The number of carbonyl (C=O) groups is 2. The smallest absolute Gasteiger partial charge is 0.247 e. The van der Waals surface area contributed by atoms with Crippen LogP contribution in [0.5, 0.6) is 5.75 Å². The van der Waals surface area contributed by atoms with Crippen LogP contribution in [0.2, 0.25) is 0 Å². The van der Waals surface area contributed by atoms with Crippen LogP contribution in [0.4, 0.5) is 5.69 Å². The molecular formula is C29H40N6O8. The average Bonchev–Trinajstić information content (AvgIpc) is 3.23. The average molecular weight is 601 g/mol. The fourth-order valence-corrected chi connectivity index (χ4v) is 5.02. The van der Waals surface area contributed by atoms with Crippen molar-refractivity contribution in [2.45, 2.75) is 43.2 Å². The Morgan fingerprint density at radius 3 is 2.58 bits per heavy atom. The minimum Gasteiger partial charge on any atom is -0.462 e. The van der Waals surface area contributed by atoms with E-state index in [-0.39, 0.29) is 24.0 Å². The highest BCUT2D eigenvalue weighted by atomic mass is 16.7. The van der Waals surface area contributed by atoms with Crippen LogP contribution < -0.4 is 21.1 Å². The number of rotatable bonds is 10. The number of nitrogens with one attached hydrogen (secondary N) is 3. The molecule has 4 rings (SSSR count). The summed E-state index contributed by atoms with van der Waals surface area (Å²) in [5, 5.41) is 54.1. The molecule has 0 aliphatic carbocycles. The van der Waals surface area contributed by atoms with Crippen LogP contribution in [0.3, 0.4) is 0 Å². The van der Waals surface area contributed by atoms with Crippen LogP contribution in [0.25, 0.3) is 0 Å². The van der Waals surface area contributed by atoms with Crippen molar-refractivity contribution in [2.24, 2.45) is 5.73 Å². The van der Waals surface area contributed by atoms with Crippen molar-refractivity contribution in [1.29, 1.82) is 5.41 Å². The van der Waals surface area contributed by atoms with E-state index in [2.05, 4.69) is 15.5 Å². The maximum atomic E-state index is 13.7. The maximum absolute atomic E-state index is 13.7. The van der Waals surface area contributed by atoms with Gasteiger partial charge in [-0.25, -0.2) is 0 Å². The van der Waals surface area contributed by atoms with E-state index in [1.165, 1.54) is 6.07 Å². The topological polar surface area (TPSA) is 214 Å². The maximum Gasteiger partial charge on any atom is 0.247 e. The Balaban J connectivity index is 1.59. The van der Waals surface area contributed by atoms with Crippen molar-refractivity contribution in [1.82, 2.24) is 15.1 Å². The fourth-order valence-electron chi connectivity index (χ4n) is 5.02. The molecule has 6 atom stereocenters. The minimum atomic E-state index is -1.66. The van der Waals surface area contributed by atoms with E-state index in [1.54, 1.807) is 47.4 Å². The van der Waals surface area contributed by atoms with E-state index < -0.39 is 49.3 Å². The summed E-state index contributed by atoms with van der Waals surface area (Å²) in [6.45, 7) is 1.90. The van der Waals surface area contributed by atoms with E-state index in [1.807, 2.05) is 7.05 Å². The molecule has 2 heterocycles. The first-order valence-corrected chi connectivity index (χ1v) is 14.1. The lowest BCUT2D eigenvalue weighted by Gasteiger charge is -2.39. The van der Waals surface area contributed by atoms with Gasteiger partial charge in [-0.05, 0) is 38.2 Å². The Hall–Kier alpha value is -3.79. The highest BCUT2D eigenvalue weighted by Crippen LogP contribution is 2.32. The van der Waals surface area contributed by atoms with Crippen LogP contribution in [0.15, 0.2) is 48.5 Å². The number of hydrogen-bond donors (Lipinski definition) is 8. The highest BCUT2D eigenvalue weighted by molar-refractivity contribution is 5.96. The Morgan fingerprint density at radius 1 is 1.07 bits per heavy atom. The summed E-state index contributed by atoms with van der Waals surface area (Å²) in [5.41, 5.74) is 6.84. The molecule has 0 radical (unpaired) electrons. The monoisotopic (exact) mass is 600 g/mol. The summed E-state index contributed by atoms with van der Waals surface area (Å²) in [6.07, 6.45) is -6.72.